The van der Waals surface area contributed by atoms with Gasteiger partial charge in [-0.1, -0.05) is 25.0 Å². The molecule has 2 heterocycles. The molecule has 2 aliphatic rings. The van der Waals surface area contributed by atoms with Crippen molar-refractivity contribution in [3.8, 4) is 0 Å². The monoisotopic (exact) mass is 372 g/mol. The second kappa shape index (κ2) is 7.78. The molecule has 0 saturated carbocycles. The summed E-state index contributed by atoms with van der Waals surface area (Å²) in [5.41, 5.74) is 2.03. The molecule has 138 valence electrons. The lowest BCUT2D eigenvalue weighted by molar-refractivity contribution is 0.0751. The Bertz CT molecular complexity index is 755. The zero-order valence-electron chi connectivity index (χ0n) is 15.0. The fourth-order valence-electron chi connectivity index (χ4n) is 3.96. The van der Waals surface area contributed by atoms with Crippen molar-refractivity contribution in [3.63, 3.8) is 0 Å². The van der Waals surface area contributed by atoms with Crippen LogP contribution in [0.1, 0.15) is 45.8 Å². The smallest absolute Gasteiger partial charge is 0.264 e. The lowest BCUT2D eigenvalue weighted by Crippen LogP contribution is -2.48. The number of para-hydroxylation sites is 1. The highest BCUT2D eigenvalue weighted by atomic mass is 32.1. The first kappa shape index (κ1) is 17.5. The van der Waals surface area contributed by atoms with Crippen LogP contribution in [0.2, 0.25) is 0 Å². The molecule has 0 unspecified atom stereocenters. The number of piperazine rings is 1. The number of carbonyl (C=O) groups is 1. The number of benzene rings is 1. The van der Waals surface area contributed by atoms with Gasteiger partial charge >= 0.3 is 0 Å². The largest absolute Gasteiger partial charge is 0.366 e. The number of fused-ring (bicyclic) bond motifs is 1. The van der Waals surface area contributed by atoms with Crippen molar-refractivity contribution >= 4 is 22.9 Å². The van der Waals surface area contributed by atoms with Crippen LogP contribution < -0.4 is 4.90 Å². The van der Waals surface area contributed by atoms with Crippen LogP contribution in [-0.4, -0.2) is 37.0 Å². The molecule has 4 rings (SSSR count). The van der Waals surface area contributed by atoms with E-state index in [1.165, 1.54) is 42.2 Å². The molecule has 1 aromatic heterocycles. The van der Waals surface area contributed by atoms with Crippen LogP contribution in [0.5, 0.6) is 0 Å². The van der Waals surface area contributed by atoms with E-state index in [2.05, 4.69) is 6.07 Å². The van der Waals surface area contributed by atoms with E-state index in [0.29, 0.717) is 31.9 Å². The molecule has 1 amide bonds. The fourth-order valence-corrected chi connectivity index (χ4v) is 5.19. The van der Waals surface area contributed by atoms with Crippen LogP contribution >= 0.6 is 11.3 Å². The van der Waals surface area contributed by atoms with E-state index in [9.17, 15) is 9.18 Å². The van der Waals surface area contributed by atoms with E-state index < -0.39 is 0 Å². The summed E-state index contributed by atoms with van der Waals surface area (Å²) in [6.45, 7) is 2.65. The molecule has 1 fully saturated rings. The number of carbonyl (C=O) groups excluding carboxylic acids is 1. The molecule has 0 bridgehead atoms. The van der Waals surface area contributed by atoms with Gasteiger partial charge in [-0.2, -0.15) is 0 Å². The number of thiophene rings is 1. The summed E-state index contributed by atoms with van der Waals surface area (Å²) in [7, 11) is 0. The van der Waals surface area contributed by atoms with Crippen molar-refractivity contribution in [3.05, 3.63) is 51.5 Å². The van der Waals surface area contributed by atoms with Gasteiger partial charge in [-0.25, -0.2) is 4.39 Å². The second-order valence-corrected chi connectivity index (χ2v) is 8.34. The van der Waals surface area contributed by atoms with Gasteiger partial charge in [-0.15, -0.1) is 11.3 Å². The fraction of sp³-hybridized carbons (Fsp3) is 0.476. The first-order valence-electron chi connectivity index (χ1n) is 9.63. The number of hydrogen-bond acceptors (Lipinski definition) is 3. The van der Waals surface area contributed by atoms with Crippen molar-refractivity contribution in [1.82, 2.24) is 4.90 Å². The van der Waals surface area contributed by atoms with Gasteiger partial charge in [0.2, 0.25) is 0 Å². The molecule has 0 spiro atoms. The van der Waals surface area contributed by atoms with Crippen LogP contribution in [0.25, 0.3) is 0 Å². The molecule has 5 heteroatoms. The van der Waals surface area contributed by atoms with Gasteiger partial charge in [0.05, 0.1) is 10.6 Å². The van der Waals surface area contributed by atoms with Crippen LogP contribution in [0.15, 0.2) is 30.3 Å². The number of nitrogens with zero attached hydrogens (tertiary/aromatic N) is 2. The van der Waals surface area contributed by atoms with Crippen molar-refractivity contribution in [2.24, 2.45) is 0 Å². The maximum Gasteiger partial charge on any atom is 0.264 e. The molecule has 1 aliphatic heterocycles. The van der Waals surface area contributed by atoms with Gasteiger partial charge < -0.3 is 9.80 Å². The number of hydrogen-bond donors (Lipinski definition) is 0. The Kier molecular flexibility index (Phi) is 5.25. The highest BCUT2D eigenvalue weighted by Gasteiger charge is 2.25. The van der Waals surface area contributed by atoms with Gasteiger partial charge in [0.25, 0.3) is 5.91 Å². The molecule has 1 aromatic carbocycles. The average molecular weight is 373 g/mol. The van der Waals surface area contributed by atoms with E-state index in [1.807, 2.05) is 21.9 Å². The summed E-state index contributed by atoms with van der Waals surface area (Å²) in [5.74, 6) is -0.0414. The predicted octanol–water partition coefficient (Wildman–Crippen LogP) is 4.51. The Labute approximate surface area is 158 Å². The summed E-state index contributed by atoms with van der Waals surface area (Å²) < 4.78 is 14.0. The Balaban J connectivity index is 1.42. The van der Waals surface area contributed by atoms with E-state index in [-0.39, 0.29) is 11.7 Å². The van der Waals surface area contributed by atoms with Gasteiger partial charge in [-0.05, 0) is 49.4 Å². The zero-order chi connectivity index (χ0) is 17.9. The molecule has 1 aliphatic carbocycles. The first-order valence-corrected chi connectivity index (χ1v) is 10.4. The van der Waals surface area contributed by atoms with Gasteiger partial charge in [-0.3, -0.25) is 4.79 Å². The Hall–Kier alpha value is -1.88. The van der Waals surface area contributed by atoms with Crippen molar-refractivity contribution in [2.75, 3.05) is 31.1 Å². The average Bonchev–Trinajstić information content (AvgIpc) is 3.04. The first-order chi connectivity index (χ1) is 12.7. The Morgan fingerprint density at radius 2 is 1.69 bits per heavy atom. The maximum absolute atomic E-state index is 14.0. The normalized spacial score (nSPS) is 18.2. The third-order valence-electron chi connectivity index (χ3n) is 5.47. The molecule has 1 saturated heterocycles. The molecule has 0 radical (unpaired) electrons. The lowest BCUT2D eigenvalue weighted by Gasteiger charge is -2.36. The van der Waals surface area contributed by atoms with Gasteiger partial charge in [0.15, 0.2) is 0 Å². The van der Waals surface area contributed by atoms with Crippen LogP contribution in [0.4, 0.5) is 10.1 Å². The summed E-state index contributed by atoms with van der Waals surface area (Å²) in [6, 6.07) is 9.01. The van der Waals surface area contributed by atoms with E-state index >= 15 is 0 Å². The molecular weight excluding hydrogens is 347 g/mol. The Morgan fingerprint density at radius 1 is 0.962 bits per heavy atom. The van der Waals surface area contributed by atoms with Crippen LogP contribution in [0.3, 0.4) is 0 Å². The van der Waals surface area contributed by atoms with Crippen molar-refractivity contribution in [2.45, 2.75) is 38.5 Å². The topological polar surface area (TPSA) is 23.6 Å². The van der Waals surface area contributed by atoms with Gasteiger partial charge in [0.1, 0.15) is 5.82 Å². The number of aryl methyl sites for hydroxylation is 2. The summed E-state index contributed by atoms with van der Waals surface area (Å²) in [4.78, 5) is 19.2. The number of rotatable bonds is 2. The van der Waals surface area contributed by atoms with E-state index in [1.54, 1.807) is 17.4 Å². The van der Waals surface area contributed by atoms with Crippen molar-refractivity contribution < 1.29 is 9.18 Å². The van der Waals surface area contributed by atoms with E-state index in [4.69, 9.17) is 0 Å². The van der Waals surface area contributed by atoms with Crippen LogP contribution in [-0.2, 0) is 12.8 Å². The molecule has 0 atom stereocenters. The maximum atomic E-state index is 14.0. The highest BCUT2D eigenvalue weighted by molar-refractivity contribution is 7.14. The molecule has 3 nitrogen and oxygen atoms in total. The zero-order valence-corrected chi connectivity index (χ0v) is 15.9. The number of halogens is 1. The minimum Gasteiger partial charge on any atom is -0.366 e. The predicted molar refractivity (Wildman–Crippen MR) is 105 cm³/mol. The van der Waals surface area contributed by atoms with E-state index in [0.717, 1.165) is 17.7 Å². The quantitative estimate of drug-likeness (QED) is 0.774. The number of amides is 1. The minimum atomic E-state index is -0.190. The summed E-state index contributed by atoms with van der Waals surface area (Å²) in [5, 5.41) is 0. The van der Waals surface area contributed by atoms with Crippen molar-refractivity contribution in [1.29, 1.82) is 0 Å². The third-order valence-corrected chi connectivity index (χ3v) is 6.69. The van der Waals surface area contributed by atoms with Gasteiger partial charge in [0, 0.05) is 31.1 Å². The third kappa shape index (κ3) is 3.63. The Morgan fingerprint density at radius 3 is 2.46 bits per heavy atom. The molecule has 0 N–H and O–H groups in total. The summed E-state index contributed by atoms with van der Waals surface area (Å²) >= 11 is 1.69. The SMILES string of the molecule is O=C(c1cc2c(s1)CCCCCC2)N1CCN(c2ccccc2F)CC1. The highest BCUT2D eigenvalue weighted by Crippen LogP contribution is 2.30. The van der Waals surface area contributed by atoms with Crippen LogP contribution in [0, 0.1) is 5.82 Å². The molecular formula is C21H25FN2OS. The molecule has 26 heavy (non-hydrogen) atoms. The lowest BCUT2D eigenvalue weighted by atomic mass is 10.00. The summed E-state index contributed by atoms with van der Waals surface area (Å²) in [6.07, 6.45) is 7.31. The minimum absolute atomic E-state index is 0.148. The molecule has 2 aromatic rings. The number of anilines is 1. The second-order valence-electron chi connectivity index (χ2n) is 7.20. The standard InChI is InChI=1S/C21H25FN2OS/c22-17-8-5-6-9-18(17)23-11-13-24(14-12-23)21(25)20-15-16-7-3-1-2-4-10-19(16)26-20/h5-6,8-9,15H,1-4,7,10-14H2.